The van der Waals surface area contributed by atoms with Gasteiger partial charge in [-0.15, -0.1) is 0 Å². The number of hydrogen-bond donors (Lipinski definition) is 3. The van der Waals surface area contributed by atoms with E-state index in [-0.39, 0.29) is 11.5 Å². The predicted octanol–water partition coefficient (Wildman–Crippen LogP) is 5.40. The summed E-state index contributed by atoms with van der Waals surface area (Å²) in [5.41, 5.74) is 8.05. The zero-order valence-electron chi connectivity index (χ0n) is 17.3. The molecule has 4 N–H and O–H groups in total. The molecule has 1 heterocycles. The van der Waals surface area contributed by atoms with E-state index in [0.717, 1.165) is 17.3 Å². The molecule has 2 aromatic carbocycles. The summed E-state index contributed by atoms with van der Waals surface area (Å²) in [7, 11) is -3.74. The summed E-state index contributed by atoms with van der Waals surface area (Å²) in [6.45, 7) is 6.78. The highest BCUT2D eigenvalue weighted by molar-refractivity contribution is 7.86. The van der Waals surface area contributed by atoms with Crippen LogP contribution in [0.5, 0.6) is 0 Å². The van der Waals surface area contributed by atoms with Crippen LogP contribution in [0.4, 0.5) is 24.5 Å². The Balaban J connectivity index is 0.000000396. The number of rotatable bonds is 2. The minimum atomic E-state index is -4.32. The Labute approximate surface area is 175 Å². The van der Waals surface area contributed by atoms with Gasteiger partial charge in [-0.1, -0.05) is 26.0 Å². The fraction of sp³-hybridized carbons (Fsp3) is 0.429. The molecule has 1 atom stereocenters. The van der Waals surface area contributed by atoms with E-state index >= 15 is 0 Å². The summed E-state index contributed by atoms with van der Waals surface area (Å²) < 4.78 is 66.7. The summed E-state index contributed by atoms with van der Waals surface area (Å²) in [4.78, 5) is 0. The molecule has 0 aliphatic carbocycles. The van der Waals surface area contributed by atoms with Crippen molar-refractivity contribution in [3.05, 3.63) is 59.2 Å². The molecule has 30 heavy (non-hydrogen) atoms. The van der Waals surface area contributed by atoms with Crippen molar-refractivity contribution in [1.82, 2.24) is 0 Å². The van der Waals surface area contributed by atoms with Gasteiger partial charge in [0.1, 0.15) is 0 Å². The van der Waals surface area contributed by atoms with Crippen molar-refractivity contribution in [3.8, 4) is 0 Å². The van der Waals surface area contributed by atoms with Crippen LogP contribution < -0.4 is 11.1 Å². The topological polar surface area (TPSA) is 92.4 Å². The van der Waals surface area contributed by atoms with Crippen LogP contribution in [-0.2, 0) is 21.7 Å². The third-order valence-corrected chi connectivity index (χ3v) is 6.22. The number of nitrogen functional groups attached to an aromatic ring is 1. The largest absolute Gasteiger partial charge is 0.416 e. The normalized spacial score (nSPS) is 18.1. The lowest BCUT2D eigenvalue weighted by atomic mass is 9.73. The molecule has 0 fully saturated rings. The van der Waals surface area contributed by atoms with Crippen LogP contribution >= 0.6 is 0 Å². The van der Waals surface area contributed by atoms with E-state index in [1.165, 1.54) is 26.0 Å². The van der Waals surface area contributed by atoms with Crippen LogP contribution in [0.15, 0.2) is 42.5 Å². The zero-order chi connectivity index (χ0) is 22.9. The van der Waals surface area contributed by atoms with Crippen LogP contribution in [0.3, 0.4) is 0 Å². The average Bonchev–Trinajstić information content (AvgIpc) is 2.59. The molecule has 0 saturated carbocycles. The first-order valence-corrected chi connectivity index (χ1v) is 10.9. The molecule has 166 valence electrons. The van der Waals surface area contributed by atoms with Crippen molar-refractivity contribution in [1.29, 1.82) is 0 Å². The Morgan fingerprint density at radius 1 is 1.17 bits per heavy atom. The average molecular weight is 445 g/mol. The Kier molecular flexibility index (Phi) is 6.78. The summed E-state index contributed by atoms with van der Waals surface area (Å²) >= 11 is 0. The van der Waals surface area contributed by atoms with Crippen molar-refractivity contribution in [2.75, 3.05) is 11.1 Å². The second-order valence-electron chi connectivity index (χ2n) is 8.28. The fourth-order valence-electron chi connectivity index (χ4n) is 3.24. The zero-order valence-corrected chi connectivity index (χ0v) is 18.1. The molecule has 3 rings (SSSR count). The van der Waals surface area contributed by atoms with E-state index in [0.29, 0.717) is 17.7 Å². The van der Waals surface area contributed by atoms with Crippen molar-refractivity contribution >= 4 is 21.5 Å². The maximum absolute atomic E-state index is 13.0. The van der Waals surface area contributed by atoms with Gasteiger partial charge < -0.3 is 11.1 Å². The van der Waals surface area contributed by atoms with Crippen molar-refractivity contribution in [2.24, 2.45) is 0 Å². The molecule has 0 radical (unpaired) electrons. The van der Waals surface area contributed by atoms with Gasteiger partial charge in [-0.3, -0.25) is 4.55 Å². The number of benzene rings is 2. The highest BCUT2D eigenvalue weighted by atomic mass is 32.2. The molecule has 0 spiro atoms. The maximum Gasteiger partial charge on any atom is 0.416 e. The van der Waals surface area contributed by atoms with E-state index in [2.05, 4.69) is 5.32 Å². The molecule has 5 nitrogen and oxygen atoms in total. The number of fused-ring (bicyclic) bond motifs is 1. The first-order chi connectivity index (χ1) is 13.6. The lowest BCUT2D eigenvalue weighted by Gasteiger charge is -2.39. The summed E-state index contributed by atoms with van der Waals surface area (Å²) in [6, 6.07) is 11.5. The first-order valence-electron chi connectivity index (χ1n) is 9.41. The van der Waals surface area contributed by atoms with Crippen molar-refractivity contribution in [2.45, 2.75) is 57.0 Å². The van der Waals surface area contributed by atoms with Gasteiger partial charge in [-0.2, -0.15) is 21.6 Å². The molecule has 0 aromatic heterocycles. The van der Waals surface area contributed by atoms with Gasteiger partial charge in [0.15, 0.2) is 0 Å². The number of anilines is 2. The highest BCUT2D eigenvalue weighted by Crippen LogP contribution is 2.46. The van der Waals surface area contributed by atoms with Crippen molar-refractivity contribution in [3.63, 3.8) is 0 Å². The summed E-state index contributed by atoms with van der Waals surface area (Å²) in [5.74, 6) is 0. The standard InChI is InChI=1S/C18H19F3N2.C3H8O3S/c1-17(2)10-16(11-4-3-5-13(22)8-11)23-15-7-6-12(9-14(15)17)18(19,20)21;1-3(2)7(4,5)6/h3-9,16,23H,10,22H2,1-2H3;3H,1-2H3,(H,4,5,6). The number of hydrogen-bond acceptors (Lipinski definition) is 4. The molecule has 9 heteroatoms. The van der Waals surface area contributed by atoms with Gasteiger partial charge in [0, 0.05) is 11.4 Å². The number of alkyl halides is 3. The van der Waals surface area contributed by atoms with E-state index in [4.69, 9.17) is 10.3 Å². The Morgan fingerprint density at radius 2 is 1.77 bits per heavy atom. The third kappa shape index (κ3) is 5.89. The first kappa shape index (κ1) is 24.0. The van der Waals surface area contributed by atoms with Gasteiger partial charge in [0.25, 0.3) is 10.1 Å². The lowest BCUT2D eigenvalue weighted by Crippen LogP contribution is -2.31. The van der Waals surface area contributed by atoms with Gasteiger partial charge in [-0.05, 0) is 67.1 Å². The minimum absolute atomic E-state index is 0.0257. The van der Waals surface area contributed by atoms with Crippen LogP contribution in [0, 0.1) is 0 Å². The SMILES string of the molecule is CC(C)S(=O)(=O)O.CC1(C)CC(c2cccc(N)c2)Nc2ccc(C(F)(F)F)cc21. The lowest BCUT2D eigenvalue weighted by molar-refractivity contribution is -0.137. The van der Waals surface area contributed by atoms with Crippen LogP contribution in [0.25, 0.3) is 0 Å². The van der Waals surface area contributed by atoms with Crippen LogP contribution in [0.2, 0.25) is 0 Å². The van der Waals surface area contributed by atoms with E-state index < -0.39 is 27.1 Å². The molecule has 1 aliphatic heterocycles. The second-order valence-corrected chi connectivity index (χ2v) is 10.2. The van der Waals surface area contributed by atoms with Gasteiger partial charge in [-0.25, -0.2) is 0 Å². The summed E-state index contributed by atoms with van der Waals surface area (Å²) in [6.07, 6.45) is -3.62. The van der Waals surface area contributed by atoms with Gasteiger partial charge >= 0.3 is 6.18 Å². The predicted molar refractivity (Wildman–Crippen MR) is 113 cm³/mol. The highest BCUT2D eigenvalue weighted by Gasteiger charge is 2.37. The van der Waals surface area contributed by atoms with E-state index in [1.807, 2.05) is 38.1 Å². The molecule has 1 unspecified atom stereocenters. The number of nitrogens with two attached hydrogens (primary N) is 1. The molecule has 0 amide bonds. The van der Waals surface area contributed by atoms with Crippen LogP contribution in [0.1, 0.15) is 56.8 Å². The van der Waals surface area contributed by atoms with Gasteiger partial charge in [0.2, 0.25) is 0 Å². The minimum Gasteiger partial charge on any atom is -0.399 e. The van der Waals surface area contributed by atoms with E-state index in [1.54, 1.807) is 0 Å². The Bertz CT molecular complexity index is 1000. The molecular formula is C21H27F3N2O3S. The second kappa shape index (κ2) is 8.47. The molecular weight excluding hydrogens is 417 g/mol. The molecule has 0 bridgehead atoms. The Hall–Kier alpha value is -2.26. The number of halogens is 3. The third-order valence-electron chi connectivity index (χ3n) is 5.03. The van der Waals surface area contributed by atoms with Gasteiger partial charge in [0.05, 0.1) is 16.9 Å². The van der Waals surface area contributed by atoms with Crippen molar-refractivity contribution < 1.29 is 26.1 Å². The smallest absolute Gasteiger partial charge is 0.399 e. The van der Waals surface area contributed by atoms with Crippen LogP contribution in [-0.4, -0.2) is 18.2 Å². The molecule has 1 aliphatic rings. The van der Waals surface area contributed by atoms with E-state index in [9.17, 15) is 21.6 Å². The quantitative estimate of drug-likeness (QED) is 0.426. The monoisotopic (exact) mass is 444 g/mol. The molecule has 2 aromatic rings. The fourth-order valence-corrected chi connectivity index (χ4v) is 3.24. The molecule has 0 saturated heterocycles. The number of nitrogens with one attached hydrogen (secondary N) is 1. The Morgan fingerprint density at radius 3 is 2.27 bits per heavy atom. The maximum atomic E-state index is 13.0. The summed E-state index contributed by atoms with van der Waals surface area (Å²) in [5, 5.41) is 2.68.